The average Bonchev–Trinajstić information content (AvgIpc) is 2.35. The molecule has 0 bridgehead atoms. The average molecular weight is 158 g/mol. The van der Waals surface area contributed by atoms with Gasteiger partial charge in [0.25, 0.3) is 0 Å². The normalized spacial score (nSPS) is 23.0. The maximum Gasteiger partial charge on any atom is 0.306 e. The lowest BCUT2D eigenvalue weighted by Crippen LogP contribution is -2.09. The van der Waals surface area contributed by atoms with Gasteiger partial charge in [-0.05, 0) is 0 Å². The van der Waals surface area contributed by atoms with Gasteiger partial charge in [-0.1, -0.05) is 0 Å². The van der Waals surface area contributed by atoms with E-state index in [9.17, 15) is 9.59 Å². The van der Waals surface area contributed by atoms with E-state index in [2.05, 4.69) is 9.47 Å². The van der Waals surface area contributed by atoms with Crippen LogP contribution in [0.4, 0.5) is 0 Å². The van der Waals surface area contributed by atoms with Gasteiger partial charge in [0, 0.05) is 5.92 Å². The number of carbonyl (C=O) groups is 2. The van der Waals surface area contributed by atoms with E-state index in [-0.39, 0.29) is 24.3 Å². The molecule has 0 aliphatic carbocycles. The smallest absolute Gasteiger partial charge is 0.306 e. The van der Waals surface area contributed by atoms with Crippen LogP contribution in [0, 0.1) is 5.92 Å². The third-order valence-electron chi connectivity index (χ3n) is 1.62. The fourth-order valence-electron chi connectivity index (χ4n) is 1.01. The fourth-order valence-corrected chi connectivity index (χ4v) is 1.01. The third-order valence-corrected chi connectivity index (χ3v) is 1.62. The molecule has 4 heteroatoms. The maximum atomic E-state index is 10.7. The van der Waals surface area contributed by atoms with Gasteiger partial charge in [-0.3, -0.25) is 9.59 Å². The number of methoxy groups -OCH3 is 1. The summed E-state index contributed by atoms with van der Waals surface area (Å²) < 4.78 is 9.11. The van der Waals surface area contributed by atoms with E-state index in [1.165, 1.54) is 7.11 Å². The van der Waals surface area contributed by atoms with Gasteiger partial charge in [0.15, 0.2) is 0 Å². The van der Waals surface area contributed by atoms with E-state index >= 15 is 0 Å². The Kier molecular flexibility index (Phi) is 2.46. The van der Waals surface area contributed by atoms with Gasteiger partial charge in [-0.2, -0.15) is 0 Å². The summed E-state index contributed by atoms with van der Waals surface area (Å²) in [6.45, 7) is 0.355. The van der Waals surface area contributed by atoms with E-state index in [4.69, 9.17) is 0 Å². The van der Waals surface area contributed by atoms with E-state index in [1.54, 1.807) is 0 Å². The molecule has 1 unspecified atom stereocenters. The Morgan fingerprint density at radius 3 is 3.00 bits per heavy atom. The van der Waals surface area contributed by atoms with E-state index < -0.39 is 0 Å². The number of hydrogen-bond acceptors (Lipinski definition) is 4. The summed E-state index contributed by atoms with van der Waals surface area (Å²) in [5, 5.41) is 0. The van der Waals surface area contributed by atoms with Gasteiger partial charge in [0.05, 0.1) is 26.6 Å². The predicted molar refractivity (Wildman–Crippen MR) is 35.7 cm³/mol. The first-order chi connectivity index (χ1) is 5.22. The summed E-state index contributed by atoms with van der Waals surface area (Å²) in [5.74, 6) is -0.484. The molecule has 0 spiro atoms. The number of cyclic esters (lactones) is 1. The molecule has 11 heavy (non-hydrogen) atoms. The highest BCUT2D eigenvalue weighted by Gasteiger charge is 2.25. The minimum Gasteiger partial charge on any atom is -0.469 e. The molecule has 4 nitrogen and oxygen atoms in total. The second kappa shape index (κ2) is 3.37. The highest BCUT2D eigenvalue weighted by atomic mass is 16.5. The number of ether oxygens (including phenoxy) is 2. The van der Waals surface area contributed by atoms with Crippen molar-refractivity contribution < 1.29 is 19.1 Å². The van der Waals surface area contributed by atoms with Crippen molar-refractivity contribution in [2.24, 2.45) is 5.92 Å². The predicted octanol–water partition coefficient (Wildman–Crippen LogP) is 0.113. The highest BCUT2D eigenvalue weighted by Crippen LogP contribution is 2.17. The summed E-state index contributed by atoms with van der Waals surface area (Å²) in [4.78, 5) is 21.2. The monoisotopic (exact) mass is 158 g/mol. The Morgan fingerprint density at radius 1 is 1.82 bits per heavy atom. The lowest BCUT2D eigenvalue weighted by Gasteiger charge is -2.01. The van der Waals surface area contributed by atoms with Crippen molar-refractivity contribution in [2.75, 3.05) is 13.7 Å². The van der Waals surface area contributed by atoms with Crippen molar-refractivity contribution in [1.29, 1.82) is 0 Å². The molecule has 0 radical (unpaired) electrons. The van der Waals surface area contributed by atoms with Gasteiger partial charge in [0.2, 0.25) is 0 Å². The Hall–Kier alpha value is -1.06. The summed E-state index contributed by atoms with van der Waals surface area (Å²) in [6.07, 6.45) is 0.622. The van der Waals surface area contributed by atoms with E-state index in [0.29, 0.717) is 13.0 Å². The van der Waals surface area contributed by atoms with Crippen LogP contribution in [0.5, 0.6) is 0 Å². The van der Waals surface area contributed by atoms with Crippen LogP contribution in [0.2, 0.25) is 0 Å². The van der Waals surface area contributed by atoms with Gasteiger partial charge < -0.3 is 9.47 Å². The van der Waals surface area contributed by atoms with Gasteiger partial charge in [0.1, 0.15) is 0 Å². The first-order valence-corrected chi connectivity index (χ1v) is 3.45. The second-order valence-electron chi connectivity index (χ2n) is 2.53. The molecule has 0 amide bonds. The molecule has 0 saturated carbocycles. The molecule has 1 heterocycles. The largest absolute Gasteiger partial charge is 0.469 e. The quantitative estimate of drug-likeness (QED) is 0.535. The minimum atomic E-state index is -0.284. The van der Waals surface area contributed by atoms with Gasteiger partial charge in [-0.25, -0.2) is 0 Å². The van der Waals surface area contributed by atoms with Crippen LogP contribution >= 0.6 is 0 Å². The van der Waals surface area contributed by atoms with Crippen molar-refractivity contribution in [3.8, 4) is 0 Å². The molecule has 1 aliphatic heterocycles. The van der Waals surface area contributed by atoms with Gasteiger partial charge in [-0.15, -0.1) is 0 Å². The molecule has 0 aromatic heterocycles. The third kappa shape index (κ3) is 2.22. The van der Waals surface area contributed by atoms with Crippen LogP contribution in [0.25, 0.3) is 0 Å². The first-order valence-electron chi connectivity index (χ1n) is 3.45. The molecule has 1 atom stereocenters. The number of hydrogen-bond donors (Lipinski definition) is 0. The zero-order valence-electron chi connectivity index (χ0n) is 6.33. The van der Waals surface area contributed by atoms with Crippen LogP contribution < -0.4 is 0 Å². The zero-order chi connectivity index (χ0) is 8.27. The standard InChI is InChI=1S/C7H10O4/c1-10-6(8)2-5-3-7(9)11-4-5/h5H,2-4H2,1H3. The van der Waals surface area contributed by atoms with Crippen LogP contribution in [-0.2, 0) is 19.1 Å². The van der Waals surface area contributed by atoms with E-state index in [0.717, 1.165) is 0 Å². The van der Waals surface area contributed by atoms with Crippen molar-refractivity contribution in [1.82, 2.24) is 0 Å². The van der Waals surface area contributed by atoms with Crippen LogP contribution in [-0.4, -0.2) is 25.7 Å². The van der Waals surface area contributed by atoms with Crippen LogP contribution in [0.15, 0.2) is 0 Å². The maximum absolute atomic E-state index is 10.7. The molecule has 0 aromatic carbocycles. The van der Waals surface area contributed by atoms with Crippen LogP contribution in [0.3, 0.4) is 0 Å². The number of esters is 2. The summed E-state index contributed by atoms with van der Waals surface area (Å²) in [7, 11) is 1.33. The second-order valence-corrected chi connectivity index (χ2v) is 2.53. The topological polar surface area (TPSA) is 52.6 Å². The molecular formula is C7H10O4. The first kappa shape index (κ1) is 8.04. The number of rotatable bonds is 2. The van der Waals surface area contributed by atoms with E-state index in [1.807, 2.05) is 0 Å². The number of carbonyl (C=O) groups excluding carboxylic acids is 2. The lowest BCUT2D eigenvalue weighted by atomic mass is 10.1. The Labute approximate surface area is 64.5 Å². The molecule has 1 rings (SSSR count). The molecule has 1 aliphatic rings. The Morgan fingerprint density at radius 2 is 2.55 bits per heavy atom. The molecule has 0 aromatic rings. The van der Waals surface area contributed by atoms with Crippen molar-refractivity contribution in [2.45, 2.75) is 12.8 Å². The summed E-state index contributed by atoms with van der Waals surface area (Å²) in [6, 6.07) is 0. The van der Waals surface area contributed by atoms with Gasteiger partial charge >= 0.3 is 11.9 Å². The fraction of sp³-hybridized carbons (Fsp3) is 0.714. The molecule has 1 saturated heterocycles. The minimum absolute atomic E-state index is 0.0231. The Balaban J connectivity index is 2.28. The summed E-state index contributed by atoms with van der Waals surface area (Å²) in [5.41, 5.74) is 0. The SMILES string of the molecule is COC(=O)CC1COC(=O)C1. The lowest BCUT2D eigenvalue weighted by molar-refractivity contribution is -0.142. The van der Waals surface area contributed by atoms with Crippen molar-refractivity contribution >= 4 is 11.9 Å². The summed E-state index contributed by atoms with van der Waals surface area (Å²) >= 11 is 0. The Bertz CT molecular complexity index is 175. The highest BCUT2D eigenvalue weighted by molar-refractivity contribution is 5.74. The van der Waals surface area contributed by atoms with Crippen LogP contribution in [0.1, 0.15) is 12.8 Å². The van der Waals surface area contributed by atoms with Crippen molar-refractivity contribution in [3.63, 3.8) is 0 Å². The molecular weight excluding hydrogens is 148 g/mol. The molecule has 0 N–H and O–H groups in total. The molecule has 62 valence electrons. The van der Waals surface area contributed by atoms with Crippen molar-refractivity contribution in [3.05, 3.63) is 0 Å². The molecule has 1 fully saturated rings. The zero-order valence-corrected chi connectivity index (χ0v) is 6.33.